The van der Waals surface area contributed by atoms with Gasteiger partial charge in [-0.05, 0) is 32.6 Å². The quantitative estimate of drug-likeness (QED) is 0.688. The monoisotopic (exact) mass is 231 g/mol. The highest BCUT2D eigenvalue weighted by Gasteiger charge is 2.22. The molecule has 0 radical (unpaired) electrons. The Morgan fingerprint density at radius 1 is 1.40 bits per heavy atom. The number of thioether (sulfide) groups is 1. The smallest absolute Gasteiger partial charge is 0.0681 e. The van der Waals surface area contributed by atoms with Crippen molar-refractivity contribution in [2.75, 3.05) is 18.1 Å². The van der Waals surface area contributed by atoms with Gasteiger partial charge in [0.25, 0.3) is 0 Å². The third kappa shape index (κ3) is 5.79. The molecule has 1 aliphatic carbocycles. The molecule has 0 bridgehead atoms. The molecule has 2 nitrogen and oxygen atoms in total. The van der Waals surface area contributed by atoms with E-state index in [4.69, 9.17) is 0 Å². The van der Waals surface area contributed by atoms with Crippen molar-refractivity contribution >= 4 is 11.8 Å². The summed E-state index contributed by atoms with van der Waals surface area (Å²) in [6.45, 7) is 7.16. The molecule has 0 spiro atoms. The van der Waals surface area contributed by atoms with E-state index in [1.165, 1.54) is 19.3 Å². The fourth-order valence-electron chi connectivity index (χ4n) is 2.09. The standard InChI is InChI=1S/C12H25NOS/c1-10-5-4-6-11(10)13-7-8-15-9-12(2,3)14/h10-11,13-14H,4-9H2,1-3H3. The Hall–Kier alpha value is 0.270. The maximum atomic E-state index is 9.53. The molecule has 15 heavy (non-hydrogen) atoms. The van der Waals surface area contributed by atoms with Crippen LogP contribution in [0.4, 0.5) is 0 Å². The fraction of sp³-hybridized carbons (Fsp3) is 1.00. The van der Waals surface area contributed by atoms with Gasteiger partial charge in [-0.2, -0.15) is 11.8 Å². The lowest BCUT2D eigenvalue weighted by molar-refractivity contribution is 0.107. The van der Waals surface area contributed by atoms with Crippen LogP contribution >= 0.6 is 11.8 Å². The van der Waals surface area contributed by atoms with Crippen LogP contribution in [0.15, 0.2) is 0 Å². The average Bonchev–Trinajstić information content (AvgIpc) is 2.49. The Labute approximate surface area is 98.2 Å². The highest BCUT2D eigenvalue weighted by molar-refractivity contribution is 7.99. The molecular weight excluding hydrogens is 206 g/mol. The first kappa shape index (κ1) is 13.3. The maximum absolute atomic E-state index is 9.53. The van der Waals surface area contributed by atoms with Crippen molar-refractivity contribution in [3.05, 3.63) is 0 Å². The summed E-state index contributed by atoms with van der Waals surface area (Å²) in [5.41, 5.74) is -0.523. The van der Waals surface area contributed by atoms with E-state index in [9.17, 15) is 5.11 Å². The third-order valence-electron chi connectivity index (χ3n) is 2.97. The van der Waals surface area contributed by atoms with Crippen LogP contribution in [0.1, 0.15) is 40.0 Å². The largest absolute Gasteiger partial charge is 0.390 e. The van der Waals surface area contributed by atoms with Crippen molar-refractivity contribution in [3.63, 3.8) is 0 Å². The molecule has 90 valence electrons. The molecule has 1 fully saturated rings. The van der Waals surface area contributed by atoms with Crippen molar-refractivity contribution in [3.8, 4) is 0 Å². The van der Waals surface area contributed by atoms with Crippen LogP contribution in [-0.4, -0.2) is 34.8 Å². The van der Waals surface area contributed by atoms with E-state index >= 15 is 0 Å². The Morgan fingerprint density at radius 3 is 2.67 bits per heavy atom. The van der Waals surface area contributed by atoms with Crippen molar-refractivity contribution < 1.29 is 5.11 Å². The summed E-state index contributed by atoms with van der Waals surface area (Å²) in [6.07, 6.45) is 4.11. The average molecular weight is 231 g/mol. The summed E-state index contributed by atoms with van der Waals surface area (Å²) < 4.78 is 0. The highest BCUT2D eigenvalue weighted by Crippen LogP contribution is 2.24. The second-order valence-electron chi connectivity index (χ2n) is 5.33. The molecule has 0 aromatic carbocycles. The molecule has 0 aromatic heterocycles. The van der Waals surface area contributed by atoms with Gasteiger partial charge < -0.3 is 10.4 Å². The van der Waals surface area contributed by atoms with Gasteiger partial charge in [-0.3, -0.25) is 0 Å². The zero-order chi connectivity index (χ0) is 11.3. The van der Waals surface area contributed by atoms with Gasteiger partial charge in [0.05, 0.1) is 5.60 Å². The van der Waals surface area contributed by atoms with Crippen LogP contribution < -0.4 is 5.32 Å². The first-order valence-electron chi connectivity index (χ1n) is 6.02. The Kier molecular flexibility index (Phi) is 5.44. The fourth-order valence-corrected chi connectivity index (χ4v) is 2.99. The van der Waals surface area contributed by atoms with Gasteiger partial charge in [-0.1, -0.05) is 13.3 Å². The van der Waals surface area contributed by atoms with E-state index in [1.807, 2.05) is 25.6 Å². The van der Waals surface area contributed by atoms with E-state index in [-0.39, 0.29) is 0 Å². The lowest BCUT2D eigenvalue weighted by atomic mass is 10.1. The van der Waals surface area contributed by atoms with Gasteiger partial charge in [0.15, 0.2) is 0 Å². The van der Waals surface area contributed by atoms with E-state index < -0.39 is 5.60 Å². The van der Waals surface area contributed by atoms with Crippen LogP contribution in [0, 0.1) is 5.92 Å². The number of hydrogen-bond donors (Lipinski definition) is 2. The second kappa shape index (κ2) is 6.12. The van der Waals surface area contributed by atoms with E-state index in [1.54, 1.807) is 0 Å². The van der Waals surface area contributed by atoms with Gasteiger partial charge in [-0.15, -0.1) is 0 Å². The van der Waals surface area contributed by atoms with E-state index in [0.717, 1.165) is 30.0 Å². The van der Waals surface area contributed by atoms with Crippen LogP contribution in [0.3, 0.4) is 0 Å². The van der Waals surface area contributed by atoms with E-state index in [2.05, 4.69) is 12.2 Å². The van der Waals surface area contributed by atoms with Gasteiger partial charge in [0.1, 0.15) is 0 Å². The summed E-state index contributed by atoms with van der Waals surface area (Å²) >= 11 is 1.83. The highest BCUT2D eigenvalue weighted by atomic mass is 32.2. The van der Waals surface area contributed by atoms with Crippen molar-refractivity contribution in [2.24, 2.45) is 5.92 Å². The molecule has 1 rings (SSSR count). The van der Waals surface area contributed by atoms with Crippen LogP contribution in [0.5, 0.6) is 0 Å². The maximum Gasteiger partial charge on any atom is 0.0681 e. The lowest BCUT2D eigenvalue weighted by Crippen LogP contribution is -2.33. The molecule has 0 amide bonds. The van der Waals surface area contributed by atoms with Crippen molar-refractivity contribution in [2.45, 2.75) is 51.7 Å². The van der Waals surface area contributed by atoms with Gasteiger partial charge in [0.2, 0.25) is 0 Å². The molecule has 1 aliphatic rings. The van der Waals surface area contributed by atoms with Crippen LogP contribution in [0.2, 0.25) is 0 Å². The molecule has 0 heterocycles. The van der Waals surface area contributed by atoms with Gasteiger partial charge in [-0.25, -0.2) is 0 Å². The Morgan fingerprint density at radius 2 is 2.13 bits per heavy atom. The second-order valence-corrected chi connectivity index (χ2v) is 6.44. The number of rotatable bonds is 6. The molecule has 2 unspecified atom stereocenters. The van der Waals surface area contributed by atoms with Crippen molar-refractivity contribution in [1.82, 2.24) is 5.32 Å². The molecule has 0 aromatic rings. The summed E-state index contributed by atoms with van der Waals surface area (Å²) in [6, 6.07) is 0.743. The summed E-state index contributed by atoms with van der Waals surface area (Å²) in [5, 5.41) is 13.1. The number of aliphatic hydroxyl groups is 1. The first-order chi connectivity index (χ1) is 6.99. The molecule has 3 heteroatoms. The number of nitrogens with one attached hydrogen (secondary N) is 1. The Balaban J connectivity index is 1.97. The minimum Gasteiger partial charge on any atom is -0.390 e. The summed E-state index contributed by atoms with van der Waals surface area (Å²) in [4.78, 5) is 0. The minimum absolute atomic E-state index is 0.523. The Bertz CT molecular complexity index is 179. The minimum atomic E-state index is -0.523. The van der Waals surface area contributed by atoms with Crippen LogP contribution in [-0.2, 0) is 0 Å². The molecule has 0 saturated heterocycles. The summed E-state index contributed by atoms with van der Waals surface area (Å²) in [5.74, 6) is 2.78. The van der Waals surface area contributed by atoms with E-state index in [0.29, 0.717) is 0 Å². The third-order valence-corrected chi connectivity index (χ3v) is 4.37. The van der Waals surface area contributed by atoms with Gasteiger partial charge >= 0.3 is 0 Å². The van der Waals surface area contributed by atoms with Crippen LogP contribution in [0.25, 0.3) is 0 Å². The predicted molar refractivity (Wildman–Crippen MR) is 68.4 cm³/mol. The number of hydrogen-bond acceptors (Lipinski definition) is 3. The molecule has 2 atom stereocenters. The topological polar surface area (TPSA) is 32.3 Å². The predicted octanol–water partition coefficient (Wildman–Crippen LogP) is 2.27. The molecule has 1 saturated carbocycles. The lowest BCUT2D eigenvalue weighted by Gasteiger charge is -2.19. The van der Waals surface area contributed by atoms with Gasteiger partial charge in [0, 0.05) is 24.1 Å². The van der Waals surface area contributed by atoms with Crippen molar-refractivity contribution in [1.29, 1.82) is 0 Å². The SMILES string of the molecule is CC1CCCC1NCCSCC(C)(C)O. The zero-order valence-electron chi connectivity index (χ0n) is 10.3. The zero-order valence-corrected chi connectivity index (χ0v) is 11.1. The molecular formula is C12H25NOS. The molecule has 0 aliphatic heterocycles. The molecule has 2 N–H and O–H groups in total. The first-order valence-corrected chi connectivity index (χ1v) is 7.18. The summed E-state index contributed by atoms with van der Waals surface area (Å²) in [7, 11) is 0. The normalized spacial score (nSPS) is 27.2.